The Bertz CT molecular complexity index is 1170. The minimum Gasteiger partial charge on any atom is -0.493 e. The molecule has 1 aliphatic rings. The average Bonchev–Trinajstić information content (AvgIpc) is 3.06. The number of rotatable bonds is 4. The summed E-state index contributed by atoms with van der Waals surface area (Å²) in [6, 6.07) is 17.1. The van der Waals surface area contributed by atoms with Crippen LogP contribution in [0.15, 0.2) is 64.5 Å². The van der Waals surface area contributed by atoms with E-state index in [1.54, 1.807) is 18.2 Å². The number of nitrogens with zero attached hydrogens (tertiary/aromatic N) is 1. The van der Waals surface area contributed by atoms with Crippen LogP contribution in [0.4, 0.5) is 5.69 Å². The Labute approximate surface area is 182 Å². The number of fused-ring (bicyclic) bond motifs is 1. The third-order valence-corrected chi connectivity index (χ3v) is 6.03. The van der Waals surface area contributed by atoms with Crippen LogP contribution < -0.4 is 10.1 Å². The topological polar surface area (TPSA) is 50.7 Å². The number of amidine groups is 1. The van der Waals surface area contributed by atoms with Gasteiger partial charge in [-0.15, -0.1) is 0 Å². The predicted octanol–water partition coefficient (Wildman–Crippen LogP) is 6.44. The molecular weight excluding hydrogens is 427 g/mol. The first kappa shape index (κ1) is 19.8. The number of carbonyl (C=O) groups is 1. The zero-order valence-corrected chi connectivity index (χ0v) is 17.7. The SMILES string of the molecule is CCOc1ccc2ccccc2c1/C=C1\SC(=Nc2cccc(Cl)c2Cl)NC1=O. The summed E-state index contributed by atoms with van der Waals surface area (Å²) in [5.74, 6) is 0.512. The van der Waals surface area contributed by atoms with Gasteiger partial charge in [-0.25, -0.2) is 4.99 Å². The lowest BCUT2D eigenvalue weighted by Crippen LogP contribution is -2.19. The van der Waals surface area contributed by atoms with E-state index in [0.29, 0.717) is 32.4 Å². The second kappa shape index (κ2) is 8.49. The van der Waals surface area contributed by atoms with E-state index in [1.807, 2.05) is 49.4 Å². The lowest BCUT2D eigenvalue weighted by atomic mass is 10.0. The molecular formula is C22H16Cl2N2O2S. The Morgan fingerprint density at radius 1 is 1.10 bits per heavy atom. The summed E-state index contributed by atoms with van der Waals surface area (Å²) >= 11 is 13.5. The zero-order valence-electron chi connectivity index (χ0n) is 15.4. The van der Waals surface area contributed by atoms with E-state index in [9.17, 15) is 4.79 Å². The van der Waals surface area contributed by atoms with Gasteiger partial charge in [-0.2, -0.15) is 0 Å². The van der Waals surface area contributed by atoms with Crippen LogP contribution in [0.5, 0.6) is 5.75 Å². The first-order valence-electron chi connectivity index (χ1n) is 8.95. The molecule has 0 atom stereocenters. The molecule has 1 fully saturated rings. The number of aliphatic imine (C=N–C) groups is 1. The van der Waals surface area contributed by atoms with E-state index < -0.39 is 0 Å². The maximum atomic E-state index is 12.6. The molecule has 0 bridgehead atoms. The largest absolute Gasteiger partial charge is 0.493 e. The fourth-order valence-electron chi connectivity index (χ4n) is 3.01. The molecule has 0 aliphatic carbocycles. The van der Waals surface area contributed by atoms with Crippen molar-refractivity contribution in [1.82, 2.24) is 5.32 Å². The summed E-state index contributed by atoms with van der Waals surface area (Å²) in [5.41, 5.74) is 1.37. The first-order valence-corrected chi connectivity index (χ1v) is 10.5. The van der Waals surface area contributed by atoms with E-state index >= 15 is 0 Å². The highest BCUT2D eigenvalue weighted by atomic mass is 35.5. The molecule has 146 valence electrons. The summed E-state index contributed by atoms with van der Waals surface area (Å²) in [7, 11) is 0. The van der Waals surface area contributed by atoms with E-state index in [2.05, 4.69) is 10.3 Å². The van der Waals surface area contributed by atoms with E-state index in [1.165, 1.54) is 11.8 Å². The molecule has 0 radical (unpaired) electrons. The summed E-state index contributed by atoms with van der Waals surface area (Å²) in [6.07, 6.45) is 1.84. The monoisotopic (exact) mass is 442 g/mol. The highest BCUT2D eigenvalue weighted by Crippen LogP contribution is 2.36. The quantitative estimate of drug-likeness (QED) is 0.473. The highest BCUT2D eigenvalue weighted by Gasteiger charge is 2.25. The van der Waals surface area contributed by atoms with Crippen LogP contribution >= 0.6 is 35.0 Å². The second-order valence-corrected chi connectivity index (χ2v) is 8.00. The fraction of sp³-hybridized carbons (Fsp3) is 0.0909. The van der Waals surface area contributed by atoms with Crippen molar-refractivity contribution in [2.75, 3.05) is 6.61 Å². The maximum absolute atomic E-state index is 12.6. The van der Waals surface area contributed by atoms with Gasteiger partial charge >= 0.3 is 0 Å². The van der Waals surface area contributed by atoms with E-state index in [0.717, 1.165) is 22.1 Å². The molecule has 0 spiro atoms. The van der Waals surface area contributed by atoms with Gasteiger partial charge in [0.2, 0.25) is 0 Å². The van der Waals surface area contributed by atoms with Crippen LogP contribution in [0, 0.1) is 0 Å². The van der Waals surface area contributed by atoms with Gasteiger partial charge in [0.1, 0.15) is 5.75 Å². The van der Waals surface area contributed by atoms with Gasteiger partial charge in [0.05, 0.1) is 27.2 Å². The van der Waals surface area contributed by atoms with Gasteiger partial charge in [-0.1, -0.05) is 59.6 Å². The Hall–Kier alpha value is -2.47. The molecule has 0 aromatic heterocycles. The van der Waals surface area contributed by atoms with Gasteiger partial charge in [0.25, 0.3) is 5.91 Å². The van der Waals surface area contributed by atoms with Gasteiger partial charge in [-0.05, 0) is 53.7 Å². The van der Waals surface area contributed by atoms with Crippen molar-refractivity contribution in [3.05, 3.63) is 75.1 Å². The lowest BCUT2D eigenvalue weighted by Gasteiger charge is -2.11. The Kier molecular flexibility index (Phi) is 5.81. The number of hydrogen-bond donors (Lipinski definition) is 1. The van der Waals surface area contributed by atoms with Crippen molar-refractivity contribution in [2.45, 2.75) is 6.92 Å². The van der Waals surface area contributed by atoms with Crippen molar-refractivity contribution in [1.29, 1.82) is 0 Å². The van der Waals surface area contributed by atoms with Crippen molar-refractivity contribution >= 4 is 68.6 Å². The van der Waals surface area contributed by atoms with Gasteiger partial charge in [-0.3, -0.25) is 4.79 Å². The standard InChI is InChI=1S/C22H16Cl2N2O2S/c1-2-28-18-11-10-13-6-3-4-7-14(13)15(18)12-19-21(27)26-22(29-19)25-17-9-5-8-16(23)20(17)24/h3-12H,2H2,1H3,(H,25,26,27)/b19-12-. The summed E-state index contributed by atoms with van der Waals surface area (Å²) in [4.78, 5) is 17.5. The lowest BCUT2D eigenvalue weighted by molar-refractivity contribution is -0.115. The Morgan fingerprint density at radius 3 is 2.76 bits per heavy atom. The summed E-state index contributed by atoms with van der Waals surface area (Å²) in [5, 5.41) is 6.08. The number of ether oxygens (including phenoxy) is 1. The van der Waals surface area contributed by atoms with Crippen molar-refractivity contribution in [2.24, 2.45) is 4.99 Å². The molecule has 1 saturated heterocycles. The van der Waals surface area contributed by atoms with Gasteiger partial charge < -0.3 is 10.1 Å². The van der Waals surface area contributed by atoms with E-state index in [4.69, 9.17) is 27.9 Å². The van der Waals surface area contributed by atoms with Crippen LogP contribution in [0.3, 0.4) is 0 Å². The molecule has 1 heterocycles. The molecule has 4 rings (SSSR count). The van der Waals surface area contributed by atoms with Crippen LogP contribution in [-0.4, -0.2) is 17.7 Å². The molecule has 1 amide bonds. The number of nitrogens with one attached hydrogen (secondary N) is 1. The Morgan fingerprint density at radius 2 is 1.93 bits per heavy atom. The summed E-state index contributed by atoms with van der Waals surface area (Å²) < 4.78 is 5.79. The van der Waals surface area contributed by atoms with Crippen LogP contribution in [0.2, 0.25) is 10.0 Å². The number of amides is 1. The molecule has 3 aromatic carbocycles. The van der Waals surface area contributed by atoms with Gasteiger partial charge in [0, 0.05) is 5.56 Å². The molecule has 1 N–H and O–H groups in total. The maximum Gasteiger partial charge on any atom is 0.264 e. The Balaban J connectivity index is 1.74. The minimum atomic E-state index is -0.220. The van der Waals surface area contributed by atoms with Crippen molar-refractivity contribution in [3.63, 3.8) is 0 Å². The number of carbonyl (C=O) groups excluding carboxylic acids is 1. The fourth-order valence-corrected chi connectivity index (χ4v) is 4.16. The predicted molar refractivity (Wildman–Crippen MR) is 122 cm³/mol. The van der Waals surface area contributed by atoms with Gasteiger partial charge in [0.15, 0.2) is 5.17 Å². The minimum absolute atomic E-state index is 0.220. The van der Waals surface area contributed by atoms with Crippen molar-refractivity contribution < 1.29 is 9.53 Å². The third kappa shape index (κ3) is 4.13. The summed E-state index contributed by atoms with van der Waals surface area (Å²) in [6.45, 7) is 2.47. The number of benzene rings is 3. The van der Waals surface area contributed by atoms with Crippen LogP contribution in [0.25, 0.3) is 16.8 Å². The zero-order chi connectivity index (χ0) is 20.4. The molecule has 1 aliphatic heterocycles. The normalized spacial score (nSPS) is 16.6. The van der Waals surface area contributed by atoms with Crippen LogP contribution in [0.1, 0.15) is 12.5 Å². The molecule has 0 saturated carbocycles. The second-order valence-electron chi connectivity index (χ2n) is 6.19. The third-order valence-electron chi connectivity index (χ3n) is 4.31. The first-order chi connectivity index (χ1) is 14.1. The molecule has 4 nitrogen and oxygen atoms in total. The number of hydrogen-bond acceptors (Lipinski definition) is 4. The smallest absolute Gasteiger partial charge is 0.264 e. The number of thioether (sulfide) groups is 1. The molecule has 7 heteroatoms. The number of halogens is 2. The van der Waals surface area contributed by atoms with Crippen LogP contribution in [-0.2, 0) is 4.79 Å². The van der Waals surface area contributed by atoms with E-state index in [-0.39, 0.29) is 5.91 Å². The molecule has 29 heavy (non-hydrogen) atoms. The highest BCUT2D eigenvalue weighted by molar-refractivity contribution is 8.18. The molecule has 3 aromatic rings. The average molecular weight is 443 g/mol. The molecule has 0 unspecified atom stereocenters. The van der Waals surface area contributed by atoms with Crippen molar-refractivity contribution in [3.8, 4) is 5.75 Å².